The number of ketones is 1. The van der Waals surface area contributed by atoms with Gasteiger partial charge in [0.25, 0.3) is 11.7 Å². The van der Waals surface area contributed by atoms with Gasteiger partial charge >= 0.3 is 0 Å². The van der Waals surface area contributed by atoms with E-state index in [-0.39, 0.29) is 11.3 Å². The zero-order chi connectivity index (χ0) is 26.7. The number of carbonyl (C=O) groups excluding carboxylic acids is 2. The number of likely N-dealkylation sites (tertiary alicyclic amines) is 1. The number of likely N-dealkylation sites (N-methyl/N-ethyl adjacent to an activating group) is 1. The van der Waals surface area contributed by atoms with Crippen LogP contribution in [0.4, 0.5) is 0 Å². The molecule has 2 heterocycles. The summed E-state index contributed by atoms with van der Waals surface area (Å²) in [5.41, 5.74) is 1.84. The van der Waals surface area contributed by atoms with E-state index in [1.54, 1.807) is 18.3 Å². The zero-order valence-electron chi connectivity index (χ0n) is 21.8. The molecule has 0 spiro atoms. The standard InChI is InChI=1S/C28H33N3O6/c1-6-30(7-2)12-13-31-24(17-14-21(35-3)27(37-5)22(15-17)36-4)23(26(33)28(31)34)25(32)19-16-29-20-11-9-8-10-18(19)20/h8-11,14-16,24,29,32H,6-7,12-13H2,1-5H3/b25-23-. The minimum Gasteiger partial charge on any atom is -0.507 e. The van der Waals surface area contributed by atoms with Gasteiger partial charge in [0, 0.05) is 35.8 Å². The number of amides is 1. The molecule has 37 heavy (non-hydrogen) atoms. The zero-order valence-corrected chi connectivity index (χ0v) is 21.8. The van der Waals surface area contributed by atoms with Crippen LogP contribution in [0, 0.1) is 0 Å². The summed E-state index contributed by atoms with van der Waals surface area (Å²) < 4.78 is 16.5. The second kappa shape index (κ2) is 11.0. The molecular weight excluding hydrogens is 474 g/mol. The van der Waals surface area contributed by atoms with Crippen molar-refractivity contribution in [2.45, 2.75) is 19.9 Å². The quantitative estimate of drug-likeness (QED) is 0.243. The lowest BCUT2D eigenvalue weighted by Crippen LogP contribution is -2.38. The maximum absolute atomic E-state index is 13.5. The lowest BCUT2D eigenvalue weighted by molar-refractivity contribution is -0.140. The summed E-state index contributed by atoms with van der Waals surface area (Å²) in [5, 5.41) is 12.3. The number of methoxy groups -OCH3 is 3. The van der Waals surface area contributed by atoms with Gasteiger partial charge < -0.3 is 34.1 Å². The second-order valence-corrected chi connectivity index (χ2v) is 8.73. The van der Waals surface area contributed by atoms with Gasteiger partial charge in [-0.1, -0.05) is 32.0 Å². The Balaban J connectivity index is 1.92. The molecule has 4 rings (SSSR count). The highest BCUT2D eigenvalue weighted by Crippen LogP contribution is 2.46. The molecule has 0 radical (unpaired) electrons. The summed E-state index contributed by atoms with van der Waals surface area (Å²) in [4.78, 5) is 33.7. The fourth-order valence-electron chi connectivity index (χ4n) is 4.92. The molecule has 1 saturated heterocycles. The van der Waals surface area contributed by atoms with Gasteiger partial charge in [-0.3, -0.25) is 9.59 Å². The number of hydrogen-bond acceptors (Lipinski definition) is 7. The van der Waals surface area contributed by atoms with Crippen molar-refractivity contribution >= 4 is 28.4 Å². The number of aromatic nitrogens is 1. The van der Waals surface area contributed by atoms with Crippen LogP contribution in [0.1, 0.15) is 31.0 Å². The van der Waals surface area contributed by atoms with Crippen LogP contribution in [-0.2, 0) is 9.59 Å². The van der Waals surface area contributed by atoms with Crippen molar-refractivity contribution in [2.75, 3.05) is 47.5 Å². The number of H-pyrrole nitrogens is 1. The summed E-state index contributed by atoms with van der Waals surface area (Å²) in [6.07, 6.45) is 1.65. The van der Waals surface area contributed by atoms with E-state index >= 15 is 0 Å². The predicted octanol–water partition coefficient (Wildman–Crippen LogP) is 3.96. The number of hydrogen-bond donors (Lipinski definition) is 2. The fourth-order valence-corrected chi connectivity index (χ4v) is 4.92. The van der Waals surface area contributed by atoms with Crippen LogP contribution >= 0.6 is 0 Å². The third-order valence-electron chi connectivity index (χ3n) is 6.94. The summed E-state index contributed by atoms with van der Waals surface area (Å²) in [6, 6.07) is 10.0. The Hall–Kier alpha value is -3.98. The highest BCUT2D eigenvalue weighted by Gasteiger charge is 2.46. The number of carbonyl (C=O) groups is 2. The average molecular weight is 508 g/mol. The summed E-state index contributed by atoms with van der Waals surface area (Å²) in [7, 11) is 4.52. The molecule has 2 N–H and O–H groups in total. The Morgan fingerprint density at radius 1 is 1.03 bits per heavy atom. The smallest absolute Gasteiger partial charge is 0.295 e. The number of nitrogens with one attached hydrogen (secondary N) is 1. The first-order valence-electron chi connectivity index (χ1n) is 12.3. The van der Waals surface area contributed by atoms with E-state index in [2.05, 4.69) is 9.88 Å². The summed E-state index contributed by atoms with van der Waals surface area (Å²) >= 11 is 0. The normalized spacial score (nSPS) is 17.1. The van der Waals surface area contributed by atoms with E-state index in [0.717, 1.165) is 24.0 Å². The first-order valence-corrected chi connectivity index (χ1v) is 12.3. The molecule has 9 heteroatoms. The molecular formula is C28H33N3O6. The van der Waals surface area contributed by atoms with Gasteiger partial charge in [0.1, 0.15) is 5.76 Å². The van der Waals surface area contributed by atoms with Crippen molar-refractivity contribution in [3.05, 3.63) is 59.3 Å². The van der Waals surface area contributed by atoms with E-state index in [0.29, 0.717) is 41.5 Å². The van der Waals surface area contributed by atoms with Crippen LogP contribution in [0.2, 0.25) is 0 Å². The van der Waals surface area contributed by atoms with Crippen LogP contribution in [0.3, 0.4) is 0 Å². The maximum atomic E-state index is 13.5. The van der Waals surface area contributed by atoms with Crippen LogP contribution in [0.25, 0.3) is 16.7 Å². The van der Waals surface area contributed by atoms with Crippen molar-refractivity contribution < 1.29 is 28.9 Å². The molecule has 1 amide bonds. The molecule has 3 aromatic rings. The van der Waals surface area contributed by atoms with Gasteiger partial charge in [-0.15, -0.1) is 0 Å². The number of Topliss-reactive ketones (excluding diaryl/α,β-unsaturated/α-hetero) is 1. The fraction of sp³-hybridized carbons (Fsp3) is 0.357. The number of aromatic amines is 1. The molecule has 1 unspecified atom stereocenters. The van der Waals surface area contributed by atoms with Gasteiger partial charge in [0.15, 0.2) is 11.5 Å². The van der Waals surface area contributed by atoms with Gasteiger partial charge in [0.2, 0.25) is 5.75 Å². The Morgan fingerprint density at radius 3 is 2.27 bits per heavy atom. The molecule has 1 fully saturated rings. The van der Waals surface area contributed by atoms with E-state index in [9.17, 15) is 14.7 Å². The highest BCUT2D eigenvalue weighted by atomic mass is 16.5. The molecule has 2 aromatic carbocycles. The molecule has 0 bridgehead atoms. The lowest BCUT2D eigenvalue weighted by atomic mass is 9.94. The van der Waals surface area contributed by atoms with Gasteiger partial charge in [-0.05, 0) is 36.9 Å². The minimum atomic E-state index is -0.849. The Morgan fingerprint density at radius 2 is 1.68 bits per heavy atom. The van der Waals surface area contributed by atoms with E-state index in [1.807, 2.05) is 38.1 Å². The topological polar surface area (TPSA) is 104 Å². The molecule has 0 aliphatic carbocycles. The monoisotopic (exact) mass is 507 g/mol. The number of fused-ring (bicyclic) bond motifs is 1. The minimum absolute atomic E-state index is 0.0172. The predicted molar refractivity (Wildman–Crippen MR) is 141 cm³/mol. The van der Waals surface area contributed by atoms with Crippen LogP contribution < -0.4 is 14.2 Å². The first-order chi connectivity index (χ1) is 17.9. The van der Waals surface area contributed by atoms with Crippen molar-refractivity contribution in [1.29, 1.82) is 0 Å². The molecule has 9 nitrogen and oxygen atoms in total. The molecule has 1 atom stereocenters. The average Bonchev–Trinajstić information content (AvgIpc) is 3.47. The van der Waals surface area contributed by atoms with Crippen molar-refractivity contribution in [2.24, 2.45) is 0 Å². The van der Waals surface area contributed by atoms with Crippen molar-refractivity contribution in [1.82, 2.24) is 14.8 Å². The van der Waals surface area contributed by atoms with Gasteiger partial charge in [-0.2, -0.15) is 0 Å². The number of aliphatic hydroxyl groups is 1. The molecule has 196 valence electrons. The van der Waals surface area contributed by atoms with E-state index in [1.165, 1.54) is 26.2 Å². The van der Waals surface area contributed by atoms with Crippen molar-refractivity contribution in [3.63, 3.8) is 0 Å². The van der Waals surface area contributed by atoms with E-state index < -0.39 is 17.7 Å². The number of rotatable bonds is 10. The van der Waals surface area contributed by atoms with Gasteiger partial charge in [0.05, 0.1) is 32.9 Å². The second-order valence-electron chi connectivity index (χ2n) is 8.73. The number of para-hydroxylation sites is 1. The molecule has 0 saturated carbocycles. The van der Waals surface area contributed by atoms with E-state index in [4.69, 9.17) is 14.2 Å². The molecule has 1 aliphatic heterocycles. The summed E-state index contributed by atoms with van der Waals surface area (Å²) in [6.45, 7) is 6.60. The molecule has 1 aliphatic rings. The third-order valence-corrected chi connectivity index (χ3v) is 6.94. The van der Waals surface area contributed by atoms with Crippen LogP contribution in [0.5, 0.6) is 17.2 Å². The Kier molecular flexibility index (Phi) is 7.73. The van der Waals surface area contributed by atoms with Crippen LogP contribution in [-0.4, -0.2) is 79.1 Å². The number of aliphatic hydroxyl groups excluding tert-OH is 1. The first kappa shape index (κ1) is 26.1. The van der Waals surface area contributed by atoms with Crippen molar-refractivity contribution in [3.8, 4) is 17.2 Å². The van der Waals surface area contributed by atoms with Gasteiger partial charge in [-0.25, -0.2) is 0 Å². The number of benzene rings is 2. The number of nitrogens with zero attached hydrogens (tertiary/aromatic N) is 2. The summed E-state index contributed by atoms with van der Waals surface area (Å²) in [5.74, 6) is -0.463. The van der Waals surface area contributed by atoms with Crippen LogP contribution in [0.15, 0.2) is 48.2 Å². The SMILES string of the molecule is CCN(CC)CCN1C(=O)C(=O)/C(=C(\O)c2c[nH]c3ccccc23)C1c1cc(OC)c(OC)c(OC)c1. The Labute approximate surface area is 216 Å². The maximum Gasteiger partial charge on any atom is 0.295 e. The lowest BCUT2D eigenvalue weighted by Gasteiger charge is -2.28. The third kappa shape index (κ3) is 4.62. The Bertz CT molecular complexity index is 1320. The number of ether oxygens (including phenoxy) is 3. The largest absolute Gasteiger partial charge is 0.507 e. The highest BCUT2D eigenvalue weighted by molar-refractivity contribution is 6.46. The molecule has 1 aromatic heterocycles.